The first kappa shape index (κ1) is 18.0. The van der Waals surface area contributed by atoms with E-state index < -0.39 is 0 Å². The van der Waals surface area contributed by atoms with Crippen LogP contribution in [0.15, 0.2) is 0 Å². The smallest absolute Gasteiger partial charge is 0.0468 e. The van der Waals surface area contributed by atoms with Gasteiger partial charge in [0, 0.05) is 26.3 Å². The fraction of sp³-hybridized carbons (Fsp3) is 1.00. The molecule has 1 fully saturated rings. The molecule has 2 nitrogen and oxygen atoms in total. The third-order valence-electron chi connectivity index (χ3n) is 4.87. The quantitative estimate of drug-likeness (QED) is 0.457. The second kappa shape index (κ2) is 10.6. The van der Waals surface area contributed by atoms with Crippen LogP contribution in [0, 0.1) is 5.41 Å². The Kier molecular flexibility index (Phi) is 9.54. The zero-order valence-corrected chi connectivity index (χ0v) is 14.2. The van der Waals surface area contributed by atoms with Crippen LogP contribution in [-0.2, 0) is 4.74 Å². The van der Waals surface area contributed by atoms with Crippen molar-refractivity contribution in [3.05, 3.63) is 0 Å². The highest BCUT2D eigenvalue weighted by molar-refractivity contribution is 4.95. The van der Waals surface area contributed by atoms with E-state index in [4.69, 9.17) is 4.74 Å². The van der Waals surface area contributed by atoms with Crippen LogP contribution < -0.4 is 5.32 Å². The van der Waals surface area contributed by atoms with Crippen molar-refractivity contribution >= 4 is 0 Å². The van der Waals surface area contributed by atoms with Crippen molar-refractivity contribution in [1.29, 1.82) is 0 Å². The first-order valence-electron chi connectivity index (χ1n) is 8.98. The maximum atomic E-state index is 5.26. The predicted octanol–water partition coefficient (Wildman–Crippen LogP) is 4.92. The van der Waals surface area contributed by atoms with Gasteiger partial charge in [0.1, 0.15) is 0 Å². The molecule has 0 unspecified atom stereocenters. The van der Waals surface area contributed by atoms with Crippen LogP contribution in [0.5, 0.6) is 0 Å². The van der Waals surface area contributed by atoms with E-state index in [1.807, 2.05) is 7.11 Å². The lowest BCUT2D eigenvalue weighted by Gasteiger charge is -2.23. The first-order valence-corrected chi connectivity index (χ1v) is 8.98. The Labute approximate surface area is 127 Å². The lowest BCUT2D eigenvalue weighted by atomic mass is 9.99. The Hall–Kier alpha value is -0.0800. The Bertz CT molecular complexity index is 215. The summed E-state index contributed by atoms with van der Waals surface area (Å²) in [4.78, 5) is 0. The van der Waals surface area contributed by atoms with Crippen molar-refractivity contribution in [2.75, 3.05) is 20.3 Å². The van der Waals surface area contributed by atoms with Gasteiger partial charge in [0.15, 0.2) is 0 Å². The summed E-state index contributed by atoms with van der Waals surface area (Å²) in [5, 5.41) is 3.89. The van der Waals surface area contributed by atoms with Gasteiger partial charge in [-0.1, -0.05) is 52.4 Å². The number of rotatable bonds is 14. The molecular formula is C18H37NO. The minimum absolute atomic E-state index is 0.587. The molecule has 0 saturated heterocycles. The zero-order valence-electron chi connectivity index (χ0n) is 14.2. The molecule has 1 saturated carbocycles. The number of nitrogens with one attached hydrogen (secondary N) is 1. The molecule has 20 heavy (non-hydrogen) atoms. The minimum Gasteiger partial charge on any atom is -0.385 e. The highest BCUT2D eigenvalue weighted by Crippen LogP contribution is 2.48. The SMILES string of the molecule is CCCCCC(CCCCC)NCC1(CCOC)CC1. The molecule has 1 aliphatic carbocycles. The fourth-order valence-corrected chi connectivity index (χ4v) is 3.00. The van der Waals surface area contributed by atoms with E-state index in [-0.39, 0.29) is 0 Å². The number of hydrogen-bond acceptors (Lipinski definition) is 2. The third-order valence-corrected chi connectivity index (χ3v) is 4.87. The minimum atomic E-state index is 0.587. The monoisotopic (exact) mass is 283 g/mol. The van der Waals surface area contributed by atoms with E-state index in [1.165, 1.54) is 77.2 Å². The van der Waals surface area contributed by atoms with Gasteiger partial charge in [0.05, 0.1) is 0 Å². The largest absolute Gasteiger partial charge is 0.385 e. The molecule has 0 aromatic rings. The van der Waals surface area contributed by atoms with Crippen molar-refractivity contribution in [2.24, 2.45) is 5.41 Å². The molecule has 0 heterocycles. The normalized spacial score (nSPS) is 16.8. The van der Waals surface area contributed by atoms with Crippen LogP contribution in [-0.4, -0.2) is 26.3 Å². The van der Waals surface area contributed by atoms with Crippen LogP contribution in [0.3, 0.4) is 0 Å². The van der Waals surface area contributed by atoms with Gasteiger partial charge >= 0.3 is 0 Å². The Morgan fingerprint density at radius 1 is 1.00 bits per heavy atom. The van der Waals surface area contributed by atoms with Crippen molar-refractivity contribution in [2.45, 2.75) is 90.5 Å². The summed E-state index contributed by atoms with van der Waals surface area (Å²) in [6.07, 6.45) is 15.0. The van der Waals surface area contributed by atoms with E-state index in [2.05, 4.69) is 19.2 Å². The van der Waals surface area contributed by atoms with Crippen LogP contribution in [0.25, 0.3) is 0 Å². The van der Waals surface area contributed by atoms with Gasteiger partial charge < -0.3 is 10.1 Å². The van der Waals surface area contributed by atoms with Crippen molar-refractivity contribution in [3.8, 4) is 0 Å². The molecule has 0 bridgehead atoms. The number of hydrogen-bond donors (Lipinski definition) is 1. The van der Waals surface area contributed by atoms with Gasteiger partial charge in [-0.2, -0.15) is 0 Å². The average molecular weight is 284 g/mol. The molecule has 120 valence electrons. The maximum Gasteiger partial charge on any atom is 0.0468 e. The van der Waals surface area contributed by atoms with Gasteiger partial charge in [-0.25, -0.2) is 0 Å². The molecule has 0 atom stereocenters. The molecule has 0 aromatic heterocycles. The molecule has 0 radical (unpaired) electrons. The Balaban J connectivity index is 2.23. The lowest BCUT2D eigenvalue weighted by molar-refractivity contribution is 0.169. The fourth-order valence-electron chi connectivity index (χ4n) is 3.00. The molecule has 0 spiro atoms. The van der Waals surface area contributed by atoms with E-state index in [0.29, 0.717) is 5.41 Å². The van der Waals surface area contributed by atoms with Gasteiger partial charge in [-0.3, -0.25) is 0 Å². The molecule has 1 rings (SSSR count). The number of unbranched alkanes of at least 4 members (excludes halogenated alkanes) is 4. The van der Waals surface area contributed by atoms with Crippen LogP contribution in [0.4, 0.5) is 0 Å². The van der Waals surface area contributed by atoms with Crippen LogP contribution in [0.2, 0.25) is 0 Å². The first-order chi connectivity index (χ1) is 9.76. The van der Waals surface area contributed by atoms with Crippen LogP contribution in [0.1, 0.15) is 84.5 Å². The predicted molar refractivity (Wildman–Crippen MR) is 88.2 cm³/mol. The molecule has 1 aliphatic rings. The Morgan fingerprint density at radius 2 is 1.60 bits per heavy atom. The summed E-state index contributed by atoms with van der Waals surface area (Å²) < 4.78 is 5.26. The lowest BCUT2D eigenvalue weighted by Crippen LogP contribution is -2.34. The van der Waals surface area contributed by atoms with Crippen molar-refractivity contribution < 1.29 is 4.74 Å². The summed E-state index contributed by atoms with van der Waals surface area (Å²) in [5.74, 6) is 0. The molecule has 0 amide bonds. The molecule has 0 aliphatic heterocycles. The van der Waals surface area contributed by atoms with Crippen molar-refractivity contribution in [1.82, 2.24) is 5.32 Å². The summed E-state index contributed by atoms with van der Waals surface area (Å²) in [6, 6.07) is 0.758. The Morgan fingerprint density at radius 3 is 2.05 bits per heavy atom. The number of ether oxygens (including phenoxy) is 1. The van der Waals surface area contributed by atoms with E-state index >= 15 is 0 Å². The summed E-state index contributed by atoms with van der Waals surface area (Å²) in [5.41, 5.74) is 0.587. The molecule has 0 aromatic carbocycles. The van der Waals surface area contributed by atoms with E-state index in [1.54, 1.807) is 0 Å². The second-order valence-corrected chi connectivity index (χ2v) is 6.81. The van der Waals surface area contributed by atoms with Gasteiger partial charge in [-0.05, 0) is 37.5 Å². The molecular weight excluding hydrogens is 246 g/mol. The number of methoxy groups -OCH3 is 1. The van der Waals surface area contributed by atoms with Gasteiger partial charge in [0.25, 0.3) is 0 Å². The van der Waals surface area contributed by atoms with E-state index in [0.717, 1.165) is 12.6 Å². The topological polar surface area (TPSA) is 21.3 Å². The van der Waals surface area contributed by atoms with Crippen LogP contribution >= 0.6 is 0 Å². The van der Waals surface area contributed by atoms with Gasteiger partial charge in [0.2, 0.25) is 0 Å². The molecule has 1 N–H and O–H groups in total. The maximum absolute atomic E-state index is 5.26. The highest BCUT2D eigenvalue weighted by atomic mass is 16.5. The second-order valence-electron chi connectivity index (χ2n) is 6.81. The third kappa shape index (κ3) is 7.64. The zero-order chi connectivity index (χ0) is 14.7. The summed E-state index contributed by atoms with van der Waals surface area (Å²) in [7, 11) is 1.82. The summed E-state index contributed by atoms with van der Waals surface area (Å²) >= 11 is 0. The van der Waals surface area contributed by atoms with E-state index in [9.17, 15) is 0 Å². The van der Waals surface area contributed by atoms with Crippen molar-refractivity contribution in [3.63, 3.8) is 0 Å². The summed E-state index contributed by atoms with van der Waals surface area (Å²) in [6.45, 7) is 6.74. The molecule has 2 heteroatoms. The standard InChI is InChI=1S/C18H37NO/c1-4-6-8-10-17(11-9-7-5-2)19-16-18(12-13-18)14-15-20-3/h17,19H,4-16H2,1-3H3. The van der Waals surface area contributed by atoms with Gasteiger partial charge in [-0.15, -0.1) is 0 Å². The highest BCUT2D eigenvalue weighted by Gasteiger charge is 2.41. The average Bonchev–Trinajstić information content (AvgIpc) is 3.23.